The number of aryl methyl sites for hydroxylation is 2. The predicted molar refractivity (Wildman–Crippen MR) is 115 cm³/mol. The molecular weight excluding hydrogens is 372 g/mol. The molecule has 1 aromatic carbocycles. The third-order valence-electron chi connectivity index (χ3n) is 4.85. The maximum absolute atomic E-state index is 6.23. The fourth-order valence-corrected chi connectivity index (χ4v) is 3.46. The Hall–Kier alpha value is -2.86. The molecule has 7 heteroatoms. The monoisotopic (exact) mass is 394 g/mol. The lowest BCUT2D eigenvalue weighted by Crippen LogP contribution is -2.47. The Labute approximate surface area is 170 Å². The van der Waals surface area contributed by atoms with Gasteiger partial charge in [-0.25, -0.2) is 9.97 Å². The lowest BCUT2D eigenvalue weighted by molar-refractivity contribution is 0.641. The lowest BCUT2D eigenvalue weighted by atomic mass is 10.2. The van der Waals surface area contributed by atoms with Gasteiger partial charge in [0.15, 0.2) is 0 Å². The summed E-state index contributed by atoms with van der Waals surface area (Å²) in [6.07, 6.45) is 1.84. The number of anilines is 4. The van der Waals surface area contributed by atoms with Gasteiger partial charge in [0, 0.05) is 54.8 Å². The minimum atomic E-state index is 0.585. The third kappa shape index (κ3) is 4.17. The molecule has 28 heavy (non-hydrogen) atoms. The number of rotatable bonds is 4. The summed E-state index contributed by atoms with van der Waals surface area (Å²) >= 11 is 6.23. The molecule has 1 aliphatic rings. The molecular formula is C21H23ClN6. The standard InChI is InChI=1S/C21H23ClN6/c1-15-6-7-17(14-18(15)22)25-21-24-16(2)13-20(26-21)28-11-9-27(10-12-28)19-5-3-4-8-23-19/h3-8,13-14H,9-12H2,1-2H3,(H,24,25,26). The molecule has 0 unspecified atom stereocenters. The highest BCUT2D eigenvalue weighted by molar-refractivity contribution is 6.31. The van der Waals surface area contributed by atoms with Crippen LogP contribution >= 0.6 is 11.6 Å². The molecule has 1 saturated heterocycles. The average molecular weight is 395 g/mol. The van der Waals surface area contributed by atoms with Crippen LogP contribution < -0.4 is 15.1 Å². The predicted octanol–water partition coefficient (Wildman–Crippen LogP) is 4.21. The van der Waals surface area contributed by atoms with E-state index in [9.17, 15) is 0 Å². The Kier molecular flexibility index (Phi) is 5.30. The van der Waals surface area contributed by atoms with E-state index in [0.29, 0.717) is 5.95 Å². The van der Waals surface area contributed by atoms with Crippen LogP contribution in [0.4, 0.5) is 23.3 Å². The molecule has 0 spiro atoms. The molecule has 144 valence electrons. The zero-order valence-electron chi connectivity index (χ0n) is 16.1. The summed E-state index contributed by atoms with van der Waals surface area (Å²) in [5, 5.41) is 4.00. The summed E-state index contributed by atoms with van der Waals surface area (Å²) in [5.41, 5.74) is 2.86. The number of nitrogens with one attached hydrogen (secondary N) is 1. The number of hydrogen-bond acceptors (Lipinski definition) is 6. The smallest absolute Gasteiger partial charge is 0.229 e. The van der Waals surface area contributed by atoms with Gasteiger partial charge < -0.3 is 15.1 Å². The van der Waals surface area contributed by atoms with Crippen molar-refractivity contribution in [3.05, 3.63) is 64.9 Å². The molecule has 0 bridgehead atoms. The summed E-state index contributed by atoms with van der Waals surface area (Å²) < 4.78 is 0. The van der Waals surface area contributed by atoms with Crippen molar-refractivity contribution in [3.63, 3.8) is 0 Å². The Balaban J connectivity index is 1.47. The van der Waals surface area contributed by atoms with E-state index in [0.717, 1.165) is 59.8 Å². The van der Waals surface area contributed by atoms with Crippen molar-refractivity contribution >= 4 is 34.9 Å². The molecule has 6 nitrogen and oxygen atoms in total. The van der Waals surface area contributed by atoms with Crippen molar-refractivity contribution in [1.82, 2.24) is 15.0 Å². The van der Waals surface area contributed by atoms with E-state index >= 15 is 0 Å². The topological polar surface area (TPSA) is 57.2 Å². The molecule has 3 heterocycles. The number of halogens is 1. The summed E-state index contributed by atoms with van der Waals surface area (Å²) in [7, 11) is 0. The molecule has 3 aromatic rings. The fourth-order valence-electron chi connectivity index (χ4n) is 3.27. The zero-order chi connectivity index (χ0) is 19.5. The van der Waals surface area contributed by atoms with Crippen LogP contribution in [0.2, 0.25) is 5.02 Å². The maximum Gasteiger partial charge on any atom is 0.229 e. The summed E-state index contributed by atoms with van der Waals surface area (Å²) in [6, 6.07) is 13.9. The van der Waals surface area contributed by atoms with Crippen LogP contribution in [0.25, 0.3) is 0 Å². The SMILES string of the molecule is Cc1cc(N2CCN(c3ccccn3)CC2)nc(Nc2ccc(C)c(Cl)c2)n1. The first kappa shape index (κ1) is 18.5. The van der Waals surface area contributed by atoms with Gasteiger partial charge in [0.05, 0.1) is 0 Å². The molecule has 0 amide bonds. The van der Waals surface area contributed by atoms with Crippen molar-refractivity contribution in [3.8, 4) is 0 Å². The molecule has 1 aliphatic heterocycles. The van der Waals surface area contributed by atoms with Gasteiger partial charge in [-0.15, -0.1) is 0 Å². The van der Waals surface area contributed by atoms with Gasteiger partial charge in [0.1, 0.15) is 11.6 Å². The summed E-state index contributed by atoms with van der Waals surface area (Å²) in [4.78, 5) is 18.3. The summed E-state index contributed by atoms with van der Waals surface area (Å²) in [5.74, 6) is 2.55. The first-order chi connectivity index (χ1) is 13.6. The van der Waals surface area contributed by atoms with Crippen LogP contribution in [0.1, 0.15) is 11.3 Å². The molecule has 0 atom stereocenters. The van der Waals surface area contributed by atoms with Crippen molar-refractivity contribution < 1.29 is 0 Å². The molecule has 1 fully saturated rings. The highest BCUT2D eigenvalue weighted by Crippen LogP contribution is 2.24. The lowest BCUT2D eigenvalue weighted by Gasteiger charge is -2.36. The first-order valence-electron chi connectivity index (χ1n) is 9.38. The van der Waals surface area contributed by atoms with E-state index in [1.54, 1.807) is 0 Å². The number of piperazine rings is 1. The van der Waals surface area contributed by atoms with Crippen LogP contribution in [-0.4, -0.2) is 41.1 Å². The minimum absolute atomic E-state index is 0.585. The minimum Gasteiger partial charge on any atom is -0.353 e. The number of benzene rings is 1. The third-order valence-corrected chi connectivity index (χ3v) is 5.25. The van der Waals surface area contributed by atoms with Crippen molar-refractivity contribution in [2.45, 2.75) is 13.8 Å². The molecule has 1 N–H and O–H groups in total. The Morgan fingerprint density at radius 3 is 2.32 bits per heavy atom. The second-order valence-electron chi connectivity index (χ2n) is 6.94. The second-order valence-corrected chi connectivity index (χ2v) is 7.35. The number of pyridine rings is 1. The Bertz CT molecular complexity index is 954. The average Bonchev–Trinajstić information content (AvgIpc) is 2.71. The van der Waals surface area contributed by atoms with Gasteiger partial charge in [-0.1, -0.05) is 23.7 Å². The zero-order valence-corrected chi connectivity index (χ0v) is 16.8. The number of aromatic nitrogens is 3. The normalized spacial score (nSPS) is 14.2. The van der Waals surface area contributed by atoms with E-state index in [4.69, 9.17) is 16.6 Å². The Morgan fingerprint density at radius 1 is 0.893 bits per heavy atom. The molecule has 4 rings (SSSR count). The van der Waals surface area contributed by atoms with Crippen LogP contribution in [-0.2, 0) is 0 Å². The number of nitrogens with zero attached hydrogens (tertiary/aromatic N) is 5. The van der Waals surface area contributed by atoms with Gasteiger partial charge in [-0.05, 0) is 43.7 Å². The largest absolute Gasteiger partial charge is 0.353 e. The highest BCUT2D eigenvalue weighted by Gasteiger charge is 2.20. The molecule has 0 aliphatic carbocycles. The van der Waals surface area contributed by atoms with Crippen LogP contribution in [0.15, 0.2) is 48.7 Å². The quantitative estimate of drug-likeness (QED) is 0.715. The first-order valence-corrected chi connectivity index (χ1v) is 9.76. The van der Waals surface area contributed by atoms with E-state index < -0.39 is 0 Å². The van der Waals surface area contributed by atoms with Crippen molar-refractivity contribution in [1.29, 1.82) is 0 Å². The van der Waals surface area contributed by atoms with E-state index in [1.807, 2.05) is 56.4 Å². The van der Waals surface area contributed by atoms with Gasteiger partial charge in [0.25, 0.3) is 0 Å². The van der Waals surface area contributed by atoms with Crippen molar-refractivity contribution in [2.24, 2.45) is 0 Å². The Morgan fingerprint density at radius 2 is 1.64 bits per heavy atom. The summed E-state index contributed by atoms with van der Waals surface area (Å²) in [6.45, 7) is 7.58. The van der Waals surface area contributed by atoms with Gasteiger partial charge in [-0.2, -0.15) is 4.98 Å². The van der Waals surface area contributed by atoms with Crippen LogP contribution in [0.5, 0.6) is 0 Å². The fraction of sp³-hybridized carbons (Fsp3) is 0.286. The van der Waals surface area contributed by atoms with Gasteiger partial charge in [0.2, 0.25) is 5.95 Å². The molecule has 0 saturated carbocycles. The van der Waals surface area contributed by atoms with Crippen LogP contribution in [0.3, 0.4) is 0 Å². The van der Waals surface area contributed by atoms with Crippen LogP contribution in [0, 0.1) is 13.8 Å². The van der Waals surface area contributed by atoms with Crippen molar-refractivity contribution in [2.75, 3.05) is 41.3 Å². The second kappa shape index (κ2) is 8.02. The molecule has 2 aromatic heterocycles. The van der Waals surface area contributed by atoms with E-state index in [1.165, 1.54) is 0 Å². The maximum atomic E-state index is 6.23. The molecule has 0 radical (unpaired) electrons. The van der Waals surface area contributed by atoms with E-state index in [-0.39, 0.29) is 0 Å². The van der Waals surface area contributed by atoms with Gasteiger partial charge in [-0.3, -0.25) is 0 Å². The van der Waals surface area contributed by atoms with Gasteiger partial charge >= 0.3 is 0 Å². The number of hydrogen-bond donors (Lipinski definition) is 1. The highest BCUT2D eigenvalue weighted by atomic mass is 35.5. The van der Waals surface area contributed by atoms with E-state index in [2.05, 4.69) is 31.2 Å².